The summed E-state index contributed by atoms with van der Waals surface area (Å²) in [4.78, 5) is 7.00. The Kier molecular flexibility index (Phi) is 2.70. The molecule has 0 bridgehead atoms. The van der Waals surface area contributed by atoms with Gasteiger partial charge in [0.25, 0.3) is 0 Å². The number of aromatic nitrogens is 3. The van der Waals surface area contributed by atoms with Crippen molar-refractivity contribution in [2.75, 3.05) is 31.2 Å². The molecule has 0 amide bonds. The summed E-state index contributed by atoms with van der Waals surface area (Å²) in [5.74, 6) is 1.07. The highest BCUT2D eigenvalue weighted by Crippen LogP contribution is 2.40. The van der Waals surface area contributed by atoms with Gasteiger partial charge >= 0.3 is 0 Å². The molecule has 2 aliphatic heterocycles. The predicted molar refractivity (Wildman–Crippen MR) is 77.0 cm³/mol. The Morgan fingerprint density at radius 1 is 1.25 bits per heavy atom. The van der Waals surface area contributed by atoms with Gasteiger partial charge in [-0.25, -0.2) is 9.50 Å². The van der Waals surface area contributed by atoms with Gasteiger partial charge in [0.2, 0.25) is 0 Å². The number of ether oxygens (including phenoxy) is 1. The molecule has 2 saturated heterocycles. The van der Waals surface area contributed by atoms with Crippen molar-refractivity contribution in [3.63, 3.8) is 0 Å². The van der Waals surface area contributed by atoms with Crippen LogP contribution in [0.5, 0.6) is 0 Å². The van der Waals surface area contributed by atoms with E-state index in [0.717, 1.165) is 43.3 Å². The molecule has 5 nitrogen and oxygen atoms in total. The van der Waals surface area contributed by atoms with Crippen LogP contribution in [0.2, 0.25) is 0 Å². The fourth-order valence-electron chi connectivity index (χ4n) is 3.51. The molecule has 106 valence electrons. The highest BCUT2D eigenvalue weighted by molar-refractivity contribution is 5.69. The Bertz CT molecular complexity index is 620. The maximum atomic E-state index is 5.60. The minimum Gasteiger partial charge on any atom is -0.381 e. The lowest BCUT2D eigenvalue weighted by Crippen LogP contribution is -2.41. The first kappa shape index (κ1) is 12.1. The zero-order valence-corrected chi connectivity index (χ0v) is 11.9. The molecule has 0 radical (unpaired) electrons. The summed E-state index contributed by atoms with van der Waals surface area (Å²) in [5, 5.41) is 4.47. The zero-order chi connectivity index (χ0) is 13.6. The number of aryl methyl sites for hydroxylation is 1. The molecule has 2 fully saturated rings. The Hall–Kier alpha value is -1.62. The monoisotopic (exact) mass is 272 g/mol. The van der Waals surface area contributed by atoms with E-state index in [9.17, 15) is 0 Å². The summed E-state index contributed by atoms with van der Waals surface area (Å²) >= 11 is 0. The van der Waals surface area contributed by atoms with Gasteiger partial charge in [-0.3, -0.25) is 0 Å². The number of hydrogen-bond acceptors (Lipinski definition) is 4. The third kappa shape index (κ3) is 1.88. The normalized spacial score (nSPS) is 21.9. The van der Waals surface area contributed by atoms with Crippen LogP contribution in [0.1, 0.15) is 25.0 Å². The molecular weight excluding hydrogens is 252 g/mol. The number of fused-ring (bicyclic) bond motifs is 1. The second-order valence-electron chi connectivity index (χ2n) is 6.16. The van der Waals surface area contributed by atoms with Gasteiger partial charge in [0.15, 0.2) is 5.82 Å². The van der Waals surface area contributed by atoms with E-state index in [1.807, 2.05) is 23.8 Å². The van der Waals surface area contributed by atoms with Gasteiger partial charge in [0, 0.05) is 32.1 Å². The Balaban J connectivity index is 1.61. The highest BCUT2D eigenvalue weighted by atomic mass is 16.5. The van der Waals surface area contributed by atoms with E-state index < -0.39 is 0 Å². The fourth-order valence-corrected chi connectivity index (χ4v) is 3.51. The average Bonchev–Trinajstić information content (AvgIpc) is 3.05. The molecule has 5 heteroatoms. The maximum absolute atomic E-state index is 5.60. The van der Waals surface area contributed by atoms with Gasteiger partial charge in [-0.1, -0.05) is 0 Å². The smallest absolute Gasteiger partial charge is 0.154 e. The minimum absolute atomic E-state index is 0.442. The number of piperidine rings is 1. The number of nitrogens with zero attached hydrogens (tertiary/aromatic N) is 4. The summed E-state index contributed by atoms with van der Waals surface area (Å²) in [6.45, 7) is 6.05. The standard InChI is InChI=1S/C15H20N4O/c1-12-10-13-14(16-5-8-19(13)17-12)18-6-2-15(3-7-18)4-9-20-11-15/h5,8,10H,2-4,6-7,9,11H2,1H3. The Morgan fingerprint density at radius 3 is 2.85 bits per heavy atom. The molecule has 2 aromatic heterocycles. The van der Waals surface area contributed by atoms with Gasteiger partial charge in [-0.2, -0.15) is 5.10 Å². The van der Waals surface area contributed by atoms with E-state index in [1.54, 1.807) is 0 Å². The van der Waals surface area contributed by atoms with Gasteiger partial charge in [0.05, 0.1) is 12.3 Å². The third-order valence-corrected chi connectivity index (χ3v) is 4.80. The van der Waals surface area contributed by atoms with Crippen molar-refractivity contribution in [2.24, 2.45) is 5.41 Å². The number of rotatable bonds is 1. The van der Waals surface area contributed by atoms with Crippen molar-refractivity contribution in [1.29, 1.82) is 0 Å². The molecule has 2 aromatic rings. The van der Waals surface area contributed by atoms with Crippen LogP contribution in [0.25, 0.3) is 5.52 Å². The van der Waals surface area contributed by atoms with Crippen molar-refractivity contribution in [2.45, 2.75) is 26.2 Å². The van der Waals surface area contributed by atoms with Crippen LogP contribution in [0, 0.1) is 12.3 Å². The minimum atomic E-state index is 0.442. The van der Waals surface area contributed by atoms with Crippen LogP contribution < -0.4 is 4.90 Å². The Morgan fingerprint density at radius 2 is 2.10 bits per heavy atom. The molecule has 0 saturated carbocycles. The van der Waals surface area contributed by atoms with E-state index in [4.69, 9.17) is 4.74 Å². The van der Waals surface area contributed by atoms with Crippen LogP contribution in [-0.4, -0.2) is 40.9 Å². The van der Waals surface area contributed by atoms with Crippen molar-refractivity contribution in [3.05, 3.63) is 24.2 Å². The second-order valence-corrected chi connectivity index (χ2v) is 6.16. The van der Waals surface area contributed by atoms with Crippen molar-refractivity contribution in [1.82, 2.24) is 14.6 Å². The van der Waals surface area contributed by atoms with Crippen molar-refractivity contribution < 1.29 is 4.74 Å². The third-order valence-electron chi connectivity index (χ3n) is 4.80. The molecule has 0 unspecified atom stereocenters. The van der Waals surface area contributed by atoms with E-state index >= 15 is 0 Å². The first-order valence-electron chi connectivity index (χ1n) is 7.40. The molecule has 20 heavy (non-hydrogen) atoms. The molecule has 1 spiro atoms. The van der Waals surface area contributed by atoms with Crippen molar-refractivity contribution >= 4 is 11.3 Å². The molecule has 0 atom stereocenters. The van der Waals surface area contributed by atoms with Crippen LogP contribution in [-0.2, 0) is 4.74 Å². The summed E-state index contributed by atoms with van der Waals surface area (Å²) < 4.78 is 7.54. The maximum Gasteiger partial charge on any atom is 0.154 e. The van der Waals surface area contributed by atoms with Crippen LogP contribution in [0.3, 0.4) is 0 Å². The summed E-state index contributed by atoms with van der Waals surface area (Å²) in [5.41, 5.74) is 2.60. The zero-order valence-electron chi connectivity index (χ0n) is 11.9. The molecule has 4 rings (SSSR count). The van der Waals surface area contributed by atoms with E-state index in [1.165, 1.54) is 19.3 Å². The topological polar surface area (TPSA) is 42.7 Å². The SMILES string of the molecule is Cc1cc2c(N3CCC4(CCOC4)CC3)nccn2n1. The van der Waals surface area contributed by atoms with Crippen LogP contribution in [0.15, 0.2) is 18.5 Å². The molecule has 0 aliphatic carbocycles. The largest absolute Gasteiger partial charge is 0.381 e. The highest BCUT2D eigenvalue weighted by Gasteiger charge is 2.38. The first-order chi connectivity index (χ1) is 9.76. The molecular formula is C15H20N4O. The second kappa shape index (κ2) is 4.45. The predicted octanol–water partition coefficient (Wildman–Crippen LogP) is 2.04. The summed E-state index contributed by atoms with van der Waals surface area (Å²) in [6.07, 6.45) is 7.41. The number of hydrogen-bond donors (Lipinski definition) is 0. The van der Waals surface area contributed by atoms with E-state index in [-0.39, 0.29) is 0 Å². The average molecular weight is 272 g/mol. The fraction of sp³-hybridized carbons (Fsp3) is 0.600. The van der Waals surface area contributed by atoms with Gasteiger partial charge in [-0.05, 0) is 37.7 Å². The van der Waals surface area contributed by atoms with Crippen LogP contribution >= 0.6 is 0 Å². The van der Waals surface area contributed by atoms with Gasteiger partial charge in [-0.15, -0.1) is 0 Å². The molecule has 0 aromatic carbocycles. The van der Waals surface area contributed by atoms with Gasteiger partial charge in [0.1, 0.15) is 5.52 Å². The first-order valence-corrected chi connectivity index (χ1v) is 7.40. The molecule has 2 aliphatic rings. The lowest BCUT2D eigenvalue weighted by Gasteiger charge is -2.38. The lowest BCUT2D eigenvalue weighted by atomic mass is 9.78. The molecule has 0 N–H and O–H groups in total. The Labute approximate surface area is 118 Å². The quantitative estimate of drug-likeness (QED) is 0.797. The summed E-state index contributed by atoms with van der Waals surface area (Å²) in [6, 6.07) is 2.12. The number of anilines is 1. The van der Waals surface area contributed by atoms with Crippen LogP contribution in [0.4, 0.5) is 5.82 Å². The summed E-state index contributed by atoms with van der Waals surface area (Å²) in [7, 11) is 0. The van der Waals surface area contributed by atoms with Crippen molar-refractivity contribution in [3.8, 4) is 0 Å². The van der Waals surface area contributed by atoms with Gasteiger partial charge < -0.3 is 9.64 Å². The van der Waals surface area contributed by atoms with E-state index in [2.05, 4.69) is 21.0 Å². The lowest BCUT2D eigenvalue weighted by molar-refractivity contribution is 0.133. The van der Waals surface area contributed by atoms with E-state index in [0.29, 0.717) is 5.41 Å². The molecule has 4 heterocycles.